The van der Waals surface area contributed by atoms with Gasteiger partial charge in [0, 0.05) is 30.0 Å². The summed E-state index contributed by atoms with van der Waals surface area (Å²) < 4.78 is 20.6. The molecule has 6 nitrogen and oxygen atoms in total. The van der Waals surface area contributed by atoms with Crippen molar-refractivity contribution in [2.24, 2.45) is 11.0 Å². The van der Waals surface area contributed by atoms with E-state index in [2.05, 4.69) is 26.5 Å². The zero-order valence-electron chi connectivity index (χ0n) is 17.6. The molecule has 1 aliphatic rings. The molecule has 0 saturated carbocycles. The number of hydrazone groups is 1. The smallest absolute Gasteiger partial charge is 0.428 e. The number of halogens is 2. The van der Waals surface area contributed by atoms with E-state index >= 15 is 0 Å². The van der Waals surface area contributed by atoms with E-state index in [1.165, 1.54) is 6.07 Å². The monoisotopic (exact) mass is 469 g/mol. The van der Waals surface area contributed by atoms with Crippen molar-refractivity contribution in [1.29, 1.82) is 0 Å². The molecule has 0 unspecified atom stereocenters. The first kappa shape index (κ1) is 23.3. The Morgan fingerprint density at radius 2 is 1.93 bits per heavy atom. The van der Waals surface area contributed by atoms with Gasteiger partial charge in [-0.2, -0.15) is 5.10 Å². The Hall–Kier alpha value is -1.96. The standard InChI is InChI=1S/C21H29BrFN3O3/c1-13-10-16(18(23)12-17(13)22)19(24-25-20(28)29-21(3,4)5)11-15-6-8-26(9-7-15)14(2)27/h10,12,15H,6-9,11H2,1-5H3,(H,25,28)/b24-19+. The van der Waals surface area contributed by atoms with Gasteiger partial charge in [-0.1, -0.05) is 15.9 Å². The number of hydrogen-bond donors (Lipinski definition) is 1. The van der Waals surface area contributed by atoms with Gasteiger partial charge in [-0.15, -0.1) is 0 Å². The summed E-state index contributed by atoms with van der Waals surface area (Å²) in [6, 6.07) is 3.13. The van der Waals surface area contributed by atoms with Gasteiger partial charge in [-0.25, -0.2) is 14.6 Å². The molecule has 0 aromatic heterocycles. The van der Waals surface area contributed by atoms with E-state index < -0.39 is 17.5 Å². The summed E-state index contributed by atoms with van der Waals surface area (Å²) in [5.74, 6) is -0.0972. The summed E-state index contributed by atoms with van der Waals surface area (Å²) in [7, 11) is 0. The normalized spacial score (nSPS) is 16.0. The lowest BCUT2D eigenvalue weighted by atomic mass is 9.89. The molecular weight excluding hydrogens is 441 g/mol. The summed E-state index contributed by atoms with van der Waals surface area (Å²) in [5, 5.41) is 4.21. The third-order valence-corrected chi connectivity index (χ3v) is 5.64. The van der Waals surface area contributed by atoms with Crippen LogP contribution >= 0.6 is 15.9 Å². The van der Waals surface area contributed by atoms with Gasteiger partial charge in [0.25, 0.3) is 0 Å². The third kappa shape index (κ3) is 7.10. The van der Waals surface area contributed by atoms with Crippen LogP contribution in [0, 0.1) is 18.7 Å². The zero-order valence-corrected chi connectivity index (χ0v) is 19.2. The molecular formula is C21H29BrFN3O3. The molecule has 0 radical (unpaired) electrons. The van der Waals surface area contributed by atoms with E-state index in [0.717, 1.165) is 18.4 Å². The average molecular weight is 470 g/mol. The van der Waals surface area contributed by atoms with E-state index in [9.17, 15) is 14.0 Å². The molecule has 29 heavy (non-hydrogen) atoms. The fraction of sp³-hybridized carbons (Fsp3) is 0.571. The lowest BCUT2D eigenvalue weighted by molar-refractivity contribution is -0.130. The minimum Gasteiger partial charge on any atom is -0.443 e. The van der Waals surface area contributed by atoms with Crippen molar-refractivity contribution >= 4 is 33.6 Å². The fourth-order valence-corrected chi connectivity index (χ4v) is 3.55. The second kappa shape index (κ2) is 9.69. The van der Waals surface area contributed by atoms with Gasteiger partial charge >= 0.3 is 6.09 Å². The van der Waals surface area contributed by atoms with Gasteiger partial charge in [0.15, 0.2) is 0 Å². The summed E-state index contributed by atoms with van der Waals surface area (Å²) in [6.45, 7) is 10.1. The molecule has 0 bridgehead atoms. The van der Waals surface area contributed by atoms with Crippen molar-refractivity contribution in [2.45, 2.75) is 59.5 Å². The number of amides is 2. The molecule has 1 aromatic carbocycles. The lowest BCUT2D eigenvalue weighted by Gasteiger charge is -2.31. The van der Waals surface area contributed by atoms with Gasteiger partial charge in [0.1, 0.15) is 11.4 Å². The van der Waals surface area contributed by atoms with E-state index in [0.29, 0.717) is 35.3 Å². The van der Waals surface area contributed by atoms with Crippen LogP contribution in [0.25, 0.3) is 0 Å². The summed E-state index contributed by atoms with van der Waals surface area (Å²) in [4.78, 5) is 25.4. The molecule has 0 aliphatic carbocycles. The number of nitrogens with zero attached hydrogens (tertiary/aromatic N) is 2. The van der Waals surface area contributed by atoms with Crippen LogP contribution in [0.15, 0.2) is 21.7 Å². The first-order chi connectivity index (χ1) is 13.5. The quantitative estimate of drug-likeness (QED) is 0.509. The number of benzene rings is 1. The van der Waals surface area contributed by atoms with E-state index in [1.807, 2.05) is 11.8 Å². The van der Waals surface area contributed by atoms with Crippen LogP contribution in [0.3, 0.4) is 0 Å². The molecule has 1 aromatic rings. The molecule has 160 valence electrons. The highest BCUT2D eigenvalue weighted by atomic mass is 79.9. The number of piperidine rings is 1. The molecule has 1 heterocycles. The predicted molar refractivity (Wildman–Crippen MR) is 114 cm³/mol. The van der Waals surface area contributed by atoms with Gasteiger partial charge < -0.3 is 9.64 Å². The summed E-state index contributed by atoms with van der Waals surface area (Å²) in [6.07, 6.45) is 1.43. The third-order valence-electron chi connectivity index (χ3n) is 4.78. The largest absolute Gasteiger partial charge is 0.443 e. The molecule has 2 rings (SSSR count). The first-order valence-corrected chi connectivity index (χ1v) is 10.5. The number of rotatable bonds is 4. The molecule has 0 spiro atoms. The van der Waals surface area contributed by atoms with Gasteiger partial charge in [-0.05, 0) is 70.6 Å². The molecule has 8 heteroatoms. The van der Waals surface area contributed by atoms with Crippen LogP contribution in [-0.4, -0.2) is 41.3 Å². The molecule has 2 amide bonds. The van der Waals surface area contributed by atoms with Crippen LogP contribution < -0.4 is 5.43 Å². The number of nitrogens with one attached hydrogen (secondary N) is 1. The Labute approximate surface area is 180 Å². The zero-order chi connectivity index (χ0) is 21.8. The van der Waals surface area contributed by atoms with E-state index in [-0.39, 0.29) is 11.8 Å². The van der Waals surface area contributed by atoms with Crippen molar-refractivity contribution < 1.29 is 18.7 Å². The van der Waals surface area contributed by atoms with Crippen LogP contribution in [0.2, 0.25) is 0 Å². The summed E-state index contributed by atoms with van der Waals surface area (Å²) >= 11 is 3.34. The van der Waals surface area contributed by atoms with Crippen molar-refractivity contribution in [3.05, 3.63) is 33.5 Å². The molecule has 0 atom stereocenters. The Bertz CT molecular complexity index is 797. The molecule has 1 saturated heterocycles. The lowest BCUT2D eigenvalue weighted by Crippen LogP contribution is -2.37. The fourth-order valence-electron chi connectivity index (χ4n) is 3.23. The minimum absolute atomic E-state index is 0.0681. The molecule has 1 N–H and O–H groups in total. The van der Waals surface area contributed by atoms with Gasteiger partial charge in [-0.3, -0.25) is 4.79 Å². The van der Waals surface area contributed by atoms with Crippen molar-refractivity contribution in [3.63, 3.8) is 0 Å². The van der Waals surface area contributed by atoms with Gasteiger partial charge in [0.05, 0.1) is 5.71 Å². The summed E-state index contributed by atoms with van der Waals surface area (Å²) in [5.41, 5.74) is 3.44. The van der Waals surface area contributed by atoms with Crippen LogP contribution in [0.5, 0.6) is 0 Å². The van der Waals surface area contributed by atoms with E-state index in [4.69, 9.17) is 4.74 Å². The number of ether oxygens (including phenoxy) is 1. The van der Waals surface area contributed by atoms with Crippen LogP contribution in [-0.2, 0) is 9.53 Å². The maximum absolute atomic E-state index is 14.7. The predicted octanol–water partition coefficient (Wildman–Crippen LogP) is 4.77. The minimum atomic E-state index is -0.685. The van der Waals surface area contributed by atoms with Crippen LogP contribution in [0.1, 0.15) is 58.1 Å². The first-order valence-electron chi connectivity index (χ1n) is 9.73. The highest BCUT2D eigenvalue weighted by Gasteiger charge is 2.24. The second-order valence-electron chi connectivity index (χ2n) is 8.41. The van der Waals surface area contributed by atoms with E-state index in [1.54, 1.807) is 33.8 Å². The van der Waals surface area contributed by atoms with Crippen molar-refractivity contribution in [2.75, 3.05) is 13.1 Å². The van der Waals surface area contributed by atoms with Gasteiger partial charge in [0.2, 0.25) is 5.91 Å². The van der Waals surface area contributed by atoms with Crippen molar-refractivity contribution in [3.8, 4) is 0 Å². The maximum Gasteiger partial charge on any atom is 0.428 e. The second-order valence-corrected chi connectivity index (χ2v) is 9.26. The highest BCUT2D eigenvalue weighted by molar-refractivity contribution is 9.10. The average Bonchev–Trinajstić information content (AvgIpc) is 2.61. The topological polar surface area (TPSA) is 71.0 Å². The number of hydrogen-bond acceptors (Lipinski definition) is 4. The Morgan fingerprint density at radius 3 is 2.48 bits per heavy atom. The van der Waals surface area contributed by atoms with Crippen molar-refractivity contribution in [1.82, 2.24) is 10.3 Å². The number of likely N-dealkylation sites (tertiary alicyclic amines) is 1. The number of carbonyl (C=O) groups is 2. The van der Waals surface area contributed by atoms with Crippen LogP contribution in [0.4, 0.5) is 9.18 Å². The molecule has 1 fully saturated rings. The maximum atomic E-state index is 14.7. The molecule has 1 aliphatic heterocycles. The number of carbonyl (C=O) groups excluding carboxylic acids is 2. The number of aryl methyl sites for hydroxylation is 1. The SMILES string of the molecule is CC(=O)N1CCC(C/C(=N\NC(=O)OC(C)(C)C)c2cc(C)c(Br)cc2F)CC1. The highest BCUT2D eigenvalue weighted by Crippen LogP contribution is 2.26. The Kier molecular flexibility index (Phi) is 7.80. The Morgan fingerprint density at radius 1 is 1.31 bits per heavy atom. The Balaban J connectivity index is 2.22.